The zero-order chi connectivity index (χ0) is 10.9. The molecule has 1 heterocycles. The van der Waals surface area contributed by atoms with Gasteiger partial charge >= 0.3 is 31.1 Å². The minimum atomic E-state index is 0. The Bertz CT molecular complexity index is 274. The van der Waals surface area contributed by atoms with Gasteiger partial charge in [-0.2, -0.15) is 6.42 Å². The molecule has 3 nitrogen and oxygen atoms in total. The monoisotopic (exact) mass is 443 g/mol. The van der Waals surface area contributed by atoms with Gasteiger partial charge in [-0.3, -0.25) is 0 Å². The van der Waals surface area contributed by atoms with Crippen molar-refractivity contribution in [2.75, 3.05) is 18.0 Å². The molecule has 0 bridgehead atoms. The molecule has 1 aromatic carbocycles. The van der Waals surface area contributed by atoms with Gasteiger partial charge in [0.25, 0.3) is 0 Å². The van der Waals surface area contributed by atoms with Crippen LogP contribution in [-0.2, 0) is 4.79 Å². The normalized spacial score (nSPS) is 14.1. The Morgan fingerprint density at radius 3 is 2.44 bits per heavy atom. The van der Waals surface area contributed by atoms with Crippen molar-refractivity contribution >= 4 is 12.2 Å². The van der Waals surface area contributed by atoms with Crippen LogP contribution in [0.2, 0.25) is 0 Å². The maximum atomic E-state index is 8.24. The molecule has 0 aliphatic carbocycles. The summed E-state index contributed by atoms with van der Waals surface area (Å²) >= 11 is 0. The Morgan fingerprint density at radius 2 is 1.94 bits per heavy atom. The predicted molar refractivity (Wildman–Crippen MR) is 60.5 cm³/mol. The maximum absolute atomic E-state index is 8.24. The molecule has 4 heteroatoms. The third-order valence-corrected chi connectivity index (χ3v) is 2.31. The summed E-state index contributed by atoms with van der Waals surface area (Å²) < 4.78 is 0. The van der Waals surface area contributed by atoms with Crippen molar-refractivity contribution in [3.63, 3.8) is 0 Å². The summed E-state index contributed by atoms with van der Waals surface area (Å²) in [6, 6.07) is 10.6. The summed E-state index contributed by atoms with van der Waals surface area (Å²) in [5, 5.41) is 6.76. The van der Waals surface area contributed by atoms with Crippen molar-refractivity contribution in [1.82, 2.24) is 0 Å². The van der Waals surface area contributed by atoms with E-state index in [0.29, 0.717) is 6.47 Å². The molecule has 1 aliphatic heterocycles. The van der Waals surface area contributed by atoms with Gasteiger partial charge in [-0.25, -0.2) is 0 Å². The SMILES string of the molecule is O=[C-]O.[U+2].c1ccc(N2C[CH-]CCC2)cc1. The summed E-state index contributed by atoms with van der Waals surface area (Å²) in [6.07, 6.45) is 4.94. The minimum absolute atomic E-state index is 0. The molecule has 0 atom stereocenters. The van der Waals surface area contributed by atoms with Gasteiger partial charge in [0.05, 0.1) is 0 Å². The van der Waals surface area contributed by atoms with E-state index >= 15 is 0 Å². The van der Waals surface area contributed by atoms with Gasteiger partial charge in [0, 0.05) is 12.2 Å². The molecular formula is C12H15NO2U. The van der Waals surface area contributed by atoms with Crippen LogP contribution in [0.3, 0.4) is 0 Å². The fourth-order valence-electron chi connectivity index (χ4n) is 1.64. The van der Waals surface area contributed by atoms with E-state index in [1.165, 1.54) is 25.1 Å². The summed E-state index contributed by atoms with van der Waals surface area (Å²) in [5.74, 6) is 0. The number of benzene rings is 1. The topological polar surface area (TPSA) is 40.5 Å². The molecule has 0 amide bonds. The van der Waals surface area contributed by atoms with E-state index in [0.717, 1.165) is 6.54 Å². The fourth-order valence-corrected chi connectivity index (χ4v) is 1.64. The fraction of sp³-hybridized carbons (Fsp3) is 0.333. The number of para-hydroxylation sites is 1. The number of hydrogen-bond donors (Lipinski definition) is 1. The van der Waals surface area contributed by atoms with Gasteiger partial charge in [0.2, 0.25) is 0 Å². The van der Waals surface area contributed by atoms with E-state index in [1.54, 1.807) is 0 Å². The summed E-state index contributed by atoms with van der Waals surface area (Å²) in [6.45, 7) is 2.82. The van der Waals surface area contributed by atoms with Crippen molar-refractivity contribution in [2.45, 2.75) is 12.8 Å². The largest absolute Gasteiger partial charge is 2.00 e. The molecular weight excluding hydrogens is 428 g/mol. The van der Waals surface area contributed by atoms with Crippen molar-refractivity contribution < 1.29 is 41.0 Å². The molecule has 0 saturated carbocycles. The Morgan fingerprint density at radius 1 is 1.31 bits per heavy atom. The van der Waals surface area contributed by atoms with Gasteiger partial charge < -0.3 is 21.2 Å². The molecule has 16 heavy (non-hydrogen) atoms. The molecule has 0 aromatic heterocycles. The summed E-state index contributed by atoms with van der Waals surface area (Å²) in [5.41, 5.74) is 1.36. The second kappa shape index (κ2) is 9.75. The average molecular weight is 443 g/mol. The van der Waals surface area contributed by atoms with E-state index in [1.807, 2.05) is 0 Å². The van der Waals surface area contributed by atoms with Gasteiger partial charge in [-0.05, 0) is 12.1 Å². The standard InChI is InChI=1S/C11H14N.CHO2.U/c1-3-7-11(8-4-1)12-9-5-2-6-10-12;2-1-3;/h1,3-5,7-8H,2,6,9-10H2;(H,2,3);/q2*-1;+2. The van der Waals surface area contributed by atoms with Crippen LogP contribution in [-0.4, -0.2) is 24.7 Å². The predicted octanol–water partition coefficient (Wildman–Crippen LogP) is 2.10. The van der Waals surface area contributed by atoms with Gasteiger partial charge in [-0.1, -0.05) is 31.1 Å². The van der Waals surface area contributed by atoms with E-state index < -0.39 is 0 Å². The Hall–Kier alpha value is -0.458. The molecule has 1 saturated heterocycles. The second-order valence-electron chi connectivity index (χ2n) is 3.30. The third kappa shape index (κ3) is 5.58. The zero-order valence-electron chi connectivity index (χ0n) is 9.10. The molecule has 1 fully saturated rings. The molecule has 0 spiro atoms. The van der Waals surface area contributed by atoms with Gasteiger partial charge in [0.1, 0.15) is 0 Å². The Labute approximate surface area is 120 Å². The first kappa shape index (κ1) is 15.5. The zero-order valence-corrected chi connectivity index (χ0v) is 13.3. The molecule has 1 aromatic rings. The van der Waals surface area contributed by atoms with E-state index in [2.05, 4.69) is 41.7 Å². The van der Waals surface area contributed by atoms with Crippen LogP contribution >= 0.6 is 0 Å². The van der Waals surface area contributed by atoms with Crippen molar-refractivity contribution in [1.29, 1.82) is 0 Å². The average Bonchev–Trinajstić information content (AvgIpc) is 2.32. The number of nitrogens with zero attached hydrogens (tertiary/aromatic N) is 1. The molecule has 84 valence electrons. The van der Waals surface area contributed by atoms with Gasteiger partial charge in [0.15, 0.2) is 0 Å². The van der Waals surface area contributed by atoms with Crippen molar-refractivity contribution in [3.8, 4) is 0 Å². The van der Waals surface area contributed by atoms with Crippen LogP contribution in [0, 0.1) is 37.5 Å². The first-order valence-corrected chi connectivity index (χ1v) is 5.01. The first-order chi connectivity index (χ1) is 7.38. The number of hydrogen-bond acceptors (Lipinski definition) is 2. The van der Waals surface area contributed by atoms with Crippen molar-refractivity contribution in [3.05, 3.63) is 36.8 Å². The van der Waals surface area contributed by atoms with Crippen LogP contribution < -0.4 is 4.90 Å². The van der Waals surface area contributed by atoms with Crippen LogP contribution in [0.25, 0.3) is 0 Å². The quantitative estimate of drug-likeness (QED) is 0.677. The van der Waals surface area contributed by atoms with Crippen LogP contribution in [0.1, 0.15) is 12.8 Å². The third-order valence-electron chi connectivity index (χ3n) is 2.31. The smallest absolute Gasteiger partial charge is 0.665 e. The number of rotatable bonds is 1. The Kier molecular flexibility index (Phi) is 9.47. The number of aliphatic hydroxyl groups excluding tert-OH is 1. The van der Waals surface area contributed by atoms with E-state index in [-0.39, 0.29) is 31.1 Å². The molecule has 0 radical (unpaired) electrons. The molecule has 2 rings (SSSR count). The first-order valence-electron chi connectivity index (χ1n) is 5.01. The minimum Gasteiger partial charge on any atom is -0.665 e. The van der Waals surface area contributed by atoms with Crippen LogP contribution in [0.4, 0.5) is 5.69 Å². The maximum Gasteiger partial charge on any atom is 2.00 e. The molecule has 1 aliphatic rings. The number of piperidine rings is 1. The summed E-state index contributed by atoms with van der Waals surface area (Å²) in [7, 11) is 0. The van der Waals surface area contributed by atoms with Crippen LogP contribution in [0.5, 0.6) is 0 Å². The van der Waals surface area contributed by atoms with Crippen molar-refractivity contribution in [2.24, 2.45) is 0 Å². The van der Waals surface area contributed by atoms with E-state index in [4.69, 9.17) is 9.90 Å². The van der Waals surface area contributed by atoms with E-state index in [9.17, 15) is 0 Å². The Balaban J connectivity index is 0.000000511. The van der Waals surface area contributed by atoms with Gasteiger partial charge in [-0.15, -0.1) is 6.54 Å². The molecule has 1 N–H and O–H groups in total. The second-order valence-corrected chi connectivity index (χ2v) is 3.30. The molecule has 0 unspecified atom stereocenters. The van der Waals surface area contributed by atoms with Crippen LogP contribution in [0.15, 0.2) is 30.3 Å². The summed E-state index contributed by atoms with van der Waals surface area (Å²) in [4.78, 5) is 10.7. The number of anilines is 1.